The van der Waals surface area contributed by atoms with Crippen molar-refractivity contribution in [1.29, 1.82) is 0 Å². The molecule has 154 valence electrons. The molecule has 1 aromatic heterocycles. The number of aromatic nitrogens is 2. The van der Waals surface area contributed by atoms with Crippen LogP contribution >= 0.6 is 0 Å². The van der Waals surface area contributed by atoms with Crippen molar-refractivity contribution < 1.29 is 14.3 Å². The molecule has 0 unspecified atom stereocenters. The first kappa shape index (κ1) is 20.1. The minimum absolute atomic E-state index is 0.250. The van der Waals surface area contributed by atoms with Crippen LogP contribution in [0.1, 0.15) is 27.3 Å². The van der Waals surface area contributed by atoms with E-state index in [1.165, 1.54) is 7.11 Å². The third-order valence-corrected chi connectivity index (χ3v) is 4.83. The van der Waals surface area contributed by atoms with Crippen LogP contribution in [0, 0.1) is 0 Å². The predicted octanol–water partition coefficient (Wildman–Crippen LogP) is 4.21. The monoisotopic (exact) mass is 411 g/mol. The summed E-state index contributed by atoms with van der Waals surface area (Å²) in [4.78, 5) is 32.6. The summed E-state index contributed by atoms with van der Waals surface area (Å²) in [6.45, 7) is 0.401. The molecule has 0 saturated carbocycles. The molecular formula is C25H21N3O3. The standard InChI is InChI=1S/C25H21N3O3/c1-31-25(30)19-13-11-17(12-14-19)15-20(23-27-21-9-5-6-10-22(21)28-23)24(29)26-16-18-7-3-2-4-8-18/h2-15H,16H2,1H3,(H,26,29)(H,27,28)/b20-15+. The number of nitrogens with one attached hydrogen (secondary N) is 2. The Morgan fingerprint density at radius 3 is 2.39 bits per heavy atom. The predicted molar refractivity (Wildman–Crippen MR) is 120 cm³/mol. The van der Waals surface area contributed by atoms with Gasteiger partial charge in [-0.1, -0.05) is 54.6 Å². The minimum Gasteiger partial charge on any atom is -0.465 e. The molecule has 0 aliphatic rings. The van der Waals surface area contributed by atoms with E-state index in [0.717, 1.165) is 22.2 Å². The summed E-state index contributed by atoms with van der Waals surface area (Å²) in [6, 6.07) is 24.2. The minimum atomic E-state index is -0.409. The number of esters is 1. The largest absolute Gasteiger partial charge is 0.465 e. The third kappa shape index (κ3) is 4.70. The number of nitrogens with zero attached hydrogens (tertiary/aromatic N) is 1. The fraction of sp³-hybridized carbons (Fsp3) is 0.0800. The van der Waals surface area contributed by atoms with Crippen LogP contribution in [-0.2, 0) is 16.1 Å². The lowest BCUT2D eigenvalue weighted by atomic mass is 10.1. The Morgan fingerprint density at radius 2 is 1.68 bits per heavy atom. The van der Waals surface area contributed by atoms with Crippen molar-refractivity contribution in [3.8, 4) is 0 Å². The molecule has 0 fully saturated rings. The van der Waals surface area contributed by atoms with E-state index in [2.05, 4.69) is 15.3 Å². The van der Waals surface area contributed by atoms with Crippen LogP contribution in [0.15, 0.2) is 78.9 Å². The van der Waals surface area contributed by atoms with Gasteiger partial charge in [0.15, 0.2) is 0 Å². The molecule has 1 amide bonds. The number of fused-ring (bicyclic) bond motifs is 1. The summed E-state index contributed by atoms with van der Waals surface area (Å²) in [5.74, 6) is -0.183. The van der Waals surface area contributed by atoms with Crippen molar-refractivity contribution in [3.63, 3.8) is 0 Å². The molecule has 0 aliphatic heterocycles. The zero-order valence-corrected chi connectivity index (χ0v) is 17.0. The Hall–Kier alpha value is -4.19. The van der Waals surface area contributed by atoms with Crippen LogP contribution in [0.5, 0.6) is 0 Å². The number of hydrogen-bond donors (Lipinski definition) is 2. The van der Waals surface area contributed by atoms with Gasteiger partial charge in [0.1, 0.15) is 5.82 Å². The zero-order chi connectivity index (χ0) is 21.6. The summed E-state index contributed by atoms with van der Waals surface area (Å²) in [5, 5.41) is 2.96. The molecule has 0 radical (unpaired) electrons. The number of imidazole rings is 1. The number of rotatable bonds is 6. The Bertz CT molecular complexity index is 1210. The van der Waals surface area contributed by atoms with Gasteiger partial charge in [0.2, 0.25) is 0 Å². The fourth-order valence-corrected chi connectivity index (χ4v) is 3.20. The molecule has 6 heteroatoms. The highest BCUT2D eigenvalue weighted by Crippen LogP contribution is 2.21. The highest BCUT2D eigenvalue weighted by atomic mass is 16.5. The second kappa shape index (κ2) is 9.09. The maximum atomic E-state index is 13.1. The van der Waals surface area contributed by atoms with Crippen LogP contribution in [-0.4, -0.2) is 29.0 Å². The fourth-order valence-electron chi connectivity index (χ4n) is 3.20. The van der Waals surface area contributed by atoms with Gasteiger partial charge in [-0.25, -0.2) is 9.78 Å². The van der Waals surface area contributed by atoms with Crippen LogP contribution < -0.4 is 5.32 Å². The first-order chi connectivity index (χ1) is 15.1. The molecule has 31 heavy (non-hydrogen) atoms. The van der Waals surface area contributed by atoms with Crippen LogP contribution in [0.25, 0.3) is 22.7 Å². The van der Waals surface area contributed by atoms with Crippen molar-refractivity contribution in [3.05, 3.63) is 101 Å². The molecule has 2 N–H and O–H groups in total. The zero-order valence-electron chi connectivity index (χ0n) is 17.0. The van der Waals surface area contributed by atoms with Gasteiger partial charge >= 0.3 is 5.97 Å². The number of H-pyrrole nitrogens is 1. The number of benzene rings is 3. The summed E-state index contributed by atoms with van der Waals surface area (Å²) in [6.07, 6.45) is 1.75. The summed E-state index contributed by atoms with van der Waals surface area (Å²) in [7, 11) is 1.34. The number of carbonyl (C=O) groups is 2. The van der Waals surface area contributed by atoms with Crippen molar-refractivity contribution in [2.45, 2.75) is 6.54 Å². The Morgan fingerprint density at radius 1 is 0.968 bits per heavy atom. The van der Waals surface area contributed by atoms with Gasteiger partial charge in [-0.15, -0.1) is 0 Å². The maximum Gasteiger partial charge on any atom is 0.337 e. The lowest BCUT2D eigenvalue weighted by molar-refractivity contribution is -0.115. The second-order valence-electron chi connectivity index (χ2n) is 6.94. The van der Waals surface area contributed by atoms with Crippen molar-refractivity contribution in [2.75, 3.05) is 7.11 Å². The number of amides is 1. The number of methoxy groups -OCH3 is 1. The van der Waals surface area contributed by atoms with Crippen molar-refractivity contribution in [2.24, 2.45) is 0 Å². The Balaban J connectivity index is 1.67. The van der Waals surface area contributed by atoms with Crippen LogP contribution in [0.3, 0.4) is 0 Å². The van der Waals surface area contributed by atoms with Crippen LogP contribution in [0.2, 0.25) is 0 Å². The number of para-hydroxylation sites is 2. The second-order valence-corrected chi connectivity index (χ2v) is 6.94. The molecule has 0 aliphatic carbocycles. The van der Waals surface area contributed by atoms with E-state index >= 15 is 0 Å². The average molecular weight is 411 g/mol. The summed E-state index contributed by atoms with van der Waals surface area (Å²) in [5.41, 5.74) is 4.23. The third-order valence-electron chi connectivity index (χ3n) is 4.83. The highest BCUT2D eigenvalue weighted by molar-refractivity contribution is 6.23. The van der Waals surface area contributed by atoms with Gasteiger partial charge in [0.25, 0.3) is 5.91 Å². The summed E-state index contributed by atoms with van der Waals surface area (Å²) < 4.78 is 4.74. The normalized spacial score (nSPS) is 11.3. The first-order valence-electron chi connectivity index (χ1n) is 9.81. The van der Waals surface area contributed by atoms with Gasteiger partial charge in [0.05, 0.1) is 29.3 Å². The maximum absolute atomic E-state index is 13.1. The Labute approximate surface area is 179 Å². The van der Waals surface area contributed by atoms with Crippen molar-refractivity contribution >= 4 is 34.6 Å². The average Bonchev–Trinajstić information content (AvgIpc) is 3.25. The first-order valence-corrected chi connectivity index (χ1v) is 9.81. The van der Waals surface area contributed by atoms with E-state index in [9.17, 15) is 9.59 Å². The van der Waals surface area contributed by atoms with Gasteiger partial charge in [-0.3, -0.25) is 4.79 Å². The molecule has 0 saturated heterocycles. The van der Waals surface area contributed by atoms with E-state index in [1.807, 2.05) is 54.6 Å². The molecule has 1 heterocycles. The summed E-state index contributed by atoms with van der Waals surface area (Å²) >= 11 is 0. The van der Waals surface area contributed by atoms with Gasteiger partial charge in [0, 0.05) is 6.54 Å². The van der Waals surface area contributed by atoms with Crippen LogP contribution in [0.4, 0.5) is 0 Å². The van der Waals surface area contributed by atoms with E-state index < -0.39 is 5.97 Å². The molecule has 6 nitrogen and oxygen atoms in total. The smallest absolute Gasteiger partial charge is 0.337 e. The van der Waals surface area contributed by atoms with E-state index in [1.54, 1.807) is 30.3 Å². The molecular weight excluding hydrogens is 390 g/mol. The molecule has 0 atom stereocenters. The number of carbonyl (C=O) groups excluding carboxylic acids is 2. The molecule has 0 spiro atoms. The van der Waals surface area contributed by atoms with Gasteiger partial charge < -0.3 is 15.0 Å². The molecule has 0 bridgehead atoms. The lowest BCUT2D eigenvalue weighted by Crippen LogP contribution is -2.24. The molecule has 3 aromatic carbocycles. The highest BCUT2D eigenvalue weighted by Gasteiger charge is 2.16. The van der Waals surface area contributed by atoms with Gasteiger partial charge in [-0.2, -0.15) is 0 Å². The number of aromatic amines is 1. The Kier molecular flexibility index (Phi) is 5.89. The lowest BCUT2D eigenvalue weighted by Gasteiger charge is -2.08. The van der Waals surface area contributed by atoms with E-state index in [-0.39, 0.29) is 5.91 Å². The molecule has 4 rings (SSSR count). The van der Waals surface area contributed by atoms with E-state index in [4.69, 9.17) is 4.74 Å². The topological polar surface area (TPSA) is 84.1 Å². The number of ether oxygens (including phenoxy) is 1. The SMILES string of the molecule is COC(=O)c1ccc(/C=C(/C(=O)NCc2ccccc2)c2nc3ccccc3[nH]2)cc1. The van der Waals surface area contributed by atoms with E-state index in [0.29, 0.717) is 23.5 Å². The van der Waals surface area contributed by atoms with Gasteiger partial charge in [-0.05, 0) is 41.5 Å². The quantitative estimate of drug-likeness (QED) is 0.368. The molecule has 4 aromatic rings. The number of hydrogen-bond acceptors (Lipinski definition) is 4. The van der Waals surface area contributed by atoms with Crippen molar-refractivity contribution in [1.82, 2.24) is 15.3 Å².